The summed E-state index contributed by atoms with van der Waals surface area (Å²) in [6, 6.07) is 9.20. The van der Waals surface area contributed by atoms with E-state index in [0.29, 0.717) is 18.5 Å². The maximum Gasteiger partial charge on any atom is 0.411 e. The van der Waals surface area contributed by atoms with E-state index in [0.717, 1.165) is 19.3 Å². The predicted octanol–water partition coefficient (Wildman–Crippen LogP) is 3.74. The van der Waals surface area contributed by atoms with Crippen molar-refractivity contribution < 1.29 is 24.2 Å². The van der Waals surface area contributed by atoms with Gasteiger partial charge in [0, 0.05) is 17.0 Å². The van der Waals surface area contributed by atoms with E-state index >= 15 is 0 Å². The summed E-state index contributed by atoms with van der Waals surface area (Å²) in [6.07, 6.45) is 2.80. The number of fused-ring (bicyclic) bond motifs is 3. The number of esters is 1. The quantitative estimate of drug-likeness (QED) is 0.772. The molecule has 3 fully saturated rings. The molecule has 1 aliphatic heterocycles. The van der Waals surface area contributed by atoms with Gasteiger partial charge in [-0.1, -0.05) is 32.0 Å². The molecule has 2 saturated carbocycles. The normalized spacial score (nSPS) is 39.5. The van der Waals surface area contributed by atoms with Gasteiger partial charge in [-0.3, -0.25) is 10.1 Å². The number of nitrogens with one attached hydrogen (secondary N) is 1. The van der Waals surface area contributed by atoms with Gasteiger partial charge in [0.15, 0.2) is 0 Å². The molecule has 1 heterocycles. The molecule has 0 bridgehead atoms. The molecule has 0 aromatic heterocycles. The van der Waals surface area contributed by atoms with Gasteiger partial charge in [0.25, 0.3) is 0 Å². The van der Waals surface area contributed by atoms with Crippen LogP contribution in [-0.4, -0.2) is 36.0 Å². The van der Waals surface area contributed by atoms with Crippen LogP contribution in [0.25, 0.3) is 0 Å². The summed E-state index contributed by atoms with van der Waals surface area (Å²) in [5.41, 5.74) is 0.0425. The van der Waals surface area contributed by atoms with E-state index in [-0.39, 0.29) is 42.0 Å². The average molecular weight is 387 g/mol. The number of para-hydroxylation sites is 1. The Morgan fingerprint density at radius 1 is 1.25 bits per heavy atom. The van der Waals surface area contributed by atoms with Crippen LogP contribution in [0.4, 0.5) is 10.5 Å². The highest BCUT2D eigenvalue weighted by Crippen LogP contribution is 2.62. The molecular formula is C22H29NO5. The van der Waals surface area contributed by atoms with E-state index in [1.807, 2.05) is 37.3 Å². The lowest BCUT2D eigenvalue weighted by molar-refractivity contribution is -0.174. The number of carbonyl (C=O) groups excluding carboxylic acids is 2. The molecule has 6 atom stereocenters. The lowest BCUT2D eigenvalue weighted by Gasteiger charge is -2.59. The zero-order valence-corrected chi connectivity index (χ0v) is 16.5. The fourth-order valence-electron chi connectivity index (χ4n) is 6.09. The summed E-state index contributed by atoms with van der Waals surface area (Å²) in [7, 11) is 0. The van der Waals surface area contributed by atoms with Crippen molar-refractivity contribution >= 4 is 17.7 Å². The number of aliphatic hydroxyl groups excluding tert-OH is 1. The number of carbonyl (C=O) groups is 2. The van der Waals surface area contributed by atoms with Crippen molar-refractivity contribution in [2.45, 2.75) is 58.2 Å². The van der Waals surface area contributed by atoms with Gasteiger partial charge in [-0.05, 0) is 49.1 Å². The molecule has 0 spiro atoms. The maximum atomic E-state index is 12.5. The highest BCUT2D eigenvalue weighted by molar-refractivity contribution is 5.84. The van der Waals surface area contributed by atoms with E-state index in [1.54, 1.807) is 0 Å². The topological polar surface area (TPSA) is 84.9 Å². The third-order valence-electron chi connectivity index (χ3n) is 7.59. The first kappa shape index (κ1) is 19.2. The second kappa shape index (κ2) is 7.07. The molecule has 1 unspecified atom stereocenters. The Morgan fingerprint density at radius 2 is 2.00 bits per heavy atom. The molecule has 1 saturated heterocycles. The molecule has 1 aromatic rings. The highest BCUT2D eigenvalue weighted by Gasteiger charge is 2.62. The molecule has 4 rings (SSSR count). The standard InChI is InChI=1S/C22H29NO5/c1-21-11-10-18(28-20(26)23-14-6-4-3-5-7-14)22(2,13-24)17(21)9-8-16-15(21)12-19(25)27-16/h3-7,15-18,24H,8-13H2,1-2H3,(H,23,26)/t15-,16-,17?,18-,21+,22+/m1/s1. The van der Waals surface area contributed by atoms with Crippen molar-refractivity contribution in [1.82, 2.24) is 0 Å². The third kappa shape index (κ3) is 3.08. The van der Waals surface area contributed by atoms with Gasteiger partial charge < -0.3 is 14.6 Å². The van der Waals surface area contributed by atoms with E-state index in [9.17, 15) is 14.7 Å². The number of hydrogen-bond acceptors (Lipinski definition) is 5. The van der Waals surface area contributed by atoms with Gasteiger partial charge in [-0.2, -0.15) is 0 Å². The Balaban J connectivity index is 1.52. The number of ether oxygens (including phenoxy) is 2. The molecule has 28 heavy (non-hydrogen) atoms. The van der Waals surface area contributed by atoms with Crippen LogP contribution in [0.2, 0.25) is 0 Å². The van der Waals surface area contributed by atoms with E-state index in [2.05, 4.69) is 12.2 Å². The molecular weight excluding hydrogens is 358 g/mol. The van der Waals surface area contributed by atoms with Gasteiger partial charge in [0.05, 0.1) is 13.0 Å². The summed E-state index contributed by atoms with van der Waals surface area (Å²) in [5.74, 6) is 0.246. The van der Waals surface area contributed by atoms with Crippen LogP contribution >= 0.6 is 0 Å². The number of anilines is 1. The largest absolute Gasteiger partial charge is 0.462 e. The van der Waals surface area contributed by atoms with Crippen molar-refractivity contribution in [2.75, 3.05) is 11.9 Å². The average Bonchev–Trinajstić information content (AvgIpc) is 3.07. The SMILES string of the molecule is C[C@]1(CO)C2CC[C@H]3OC(=O)C[C@H]3[C@]2(C)CC[C@H]1OC(=O)Nc1ccccc1. The highest BCUT2D eigenvalue weighted by atomic mass is 16.6. The van der Waals surface area contributed by atoms with Crippen LogP contribution in [0, 0.1) is 22.7 Å². The first-order valence-corrected chi connectivity index (χ1v) is 10.2. The smallest absolute Gasteiger partial charge is 0.411 e. The van der Waals surface area contributed by atoms with Gasteiger partial charge >= 0.3 is 12.1 Å². The fraction of sp³-hybridized carbons (Fsp3) is 0.636. The first-order valence-electron chi connectivity index (χ1n) is 10.2. The zero-order valence-electron chi connectivity index (χ0n) is 16.5. The predicted molar refractivity (Wildman–Crippen MR) is 104 cm³/mol. The van der Waals surface area contributed by atoms with Crippen LogP contribution in [0.1, 0.15) is 46.0 Å². The number of rotatable bonds is 3. The van der Waals surface area contributed by atoms with Crippen LogP contribution in [0.3, 0.4) is 0 Å². The molecule has 6 heteroatoms. The number of benzene rings is 1. The van der Waals surface area contributed by atoms with Crippen LogP contribution in [0.15, 0.2) is 30.3 Å². The van der Waals surface area contributed by atoms with Crippen LogP contribution in [0.5, 0.6) is 0 Å². The van der Waals surface area contributed by atoms with Crippen molar-refractivity contribution in [1.29, 1.82) is 0 Å². The second-order valence-electron chi connectivity index (χ2n) is 9.06. The van der Waals surface area contributed by atoms with Crippen molar-refractivity contribution in [3.05, 3.63) is 30.3 Å². The van der Waals surface area contributed by atoms with Gasteiger partial charge in [0.2, 0.25) is 0 Å². The molecule has 2 N–H and O–H groups in total. The van der Waals surface area contributed by atoms with Crippen molar-refractivity contribution in [3.8, 4) is 0 Å². The molecule has 0 radical (unpaired) electrons. The fourth-order valence-corrected chi connectivity index (χ4v) is 6.09. The molecule has 3 aliphatic rings. The molecule has 152 valence electrons. The first-order chi connectivity index (χ1) is 13.4. The summed E-state index contributed by atoms with van der Waals surface area (Å²) in [5, 5.41) is 13.1. The molecule has 6 nitrogen and oxygen atoms in total. The Labute approximate surface area is 165 Å². The summed E-state index contributed by atoms with van der Waals surface area (Å²) in [6.45, 7) is 4.20. The second-order valence-corrected chi connectivity index (χ2v) is 9.06. The Hall–Kier alpha value is -2.08. The monoisotopic (exact) mass is 387 g/mol. The molecule has 2 aliphatic carbocycles. The molecule has 1 aromatic carbocycles. The van der Waals surface area contributed by atoms with Crippen molar-refractivity contribution in [3.63, 3.8) is 0 Å². The Bertz CT molecular complexity index is 753. The molecule has 1 amide bonds. The van der Waals surface area contributed by atoms with Crippen LogP contribution < -0.4 is 5.32 Å². The van der Waals surface area contributed by atoms with Crippen molar-refractivity contribution in [2.24, 2.45) is 22.7 Å². The van der Waals surface area contributed by atoms with Gasteiger partial charge in [-0.25, -0.2) is 4.79 Å². The summed E-state index contributed by atoms with van der Waals surface area (Å²) < 4.78 is 11.4. The number of aliphatic hydroxyl groups is 1. The van der Waals surface area contributed by atoms with E-state index in [4.69, 9.17) is 9.47 Å². The Morgan fingerprint density at radius 3 is 2.71 bits per heavy atom. The minimum Gasteiger partial charge on any atom is -0.462 e. The van der Waals surface area contributed by atoms with Gasteiger partial charge in [-0.15, -0.1) is 0 Å². The zero-order chi connectivity index (χ0) is 19.9. The van der Waals surface area contributed by atoms with E-state index < -0.39 is 11.5 Å². The minimum absolute atomic E-state index is 0.00413. The number of hydrogen-bond donors (Lipinski definition) is 2. The maximum absolute atomic E-state index is 12.5. The number of amides is 1. The summed E-state index contributed by atoms with van der Waals surface area (Å²) >= 11 is 0. The Kier molecular flexibility index (Phi) is 4.86. The van der Waals surface area contributed by atoms with E-state index in [1.165, 1.54) is 0 Å². The lowest BCUT2D eigenvalue weighted by Crippen LogP contribution is -2.59. The van der Waals surface area contributed by atoms with Gasteiger partial charge in [0.1, 0.15) is 12.2 Å². The lowest BCUT2D eigenvalue weighted by atomic mass is 9.46. The minimum atomic E-state index is -0.544. The third-order valence-corrected chi connectivity index (χ3v) is 7.59. The summed E-state index contributed by atoms with van der Waals surface area (Å²) in [4.78, 5) is 24.4. The van der Waals surface area contributed by atoms with Crippen LogP contribution in [-0.2, 0) is 14.3 Å².